The van der Waals surface area contributed by atoms with Gasteiger partial charge in [-0.05, 0) is 89.9 Å². The Kier molecular flexibility index (Phi) is 42.2. The fourth-order valence-electron chi connectivity index (χ4n) is 5.47. The van der Waals surface area contributed by atoms with Gasteiger partial charge in [-0.2, -0.15) is 0 Å². The molecule has 0 aromatic heterocycles. The second kappa shape index (κ2) is 45.5. The highest BCUT2D eigenvalue weighted by Gasteiger charge is 2.19. The Morgan fingerprint density at radius 2 is 0.776 bits per heavy atom. The molecular formula is C52H80O6. The van der Waals surface area contributed by atoms with Crippen LogP contribution in [0.25, 0.3) is 0 Å². The van der Waals surface area contributed by atoms with Crippen LogP contribution in [0.3, 0.4) is 0 Å². The van der Waals surface area contributed by atoms with E-state index >= 15 is 0 Å². The predicted octanol–water partition coefficient (Wildman–Crippen LogP) is 14.6. The van der Waals surface area contributed by atoms with Crippen molar-refractivity contribution in [3.63, 3.8) is 0 Å². The standard InChI is InChI=1S/C52H80O6/c1-4-7-10-13-16-19-22-25-26-28-30-33-36-39-42-45-51(54)57-48-49(47-56-50(53)44-41-38-35-32-29-24-21-18-15-12-9-6-3)58-52(55)46-43-40-37-34-31-27-23-20-17-14-11-8-5-2/h8-9,11-12,14,16-23,25,27,29,31-32,34,37,49H,4-7,10,13,15,24,26,28,30,33,35-36,38-48H2,1-3H3/b11-8-,12-9-,17-14-,19-16-,21-18-,23-20-,25-22-,31-27-,32-29-,37-34-. The van der Waals surface area contributed by atoms with Crippen LogP contribution in [-0.4, -0.2) is 37.2 Å². The summed E-state index contributed by atoms with van der Waals surface area (Å²) in [6, 6.07) is 0. The molecule has 0 saturated carbocycles. The minimum absolute atomic E-state index is 0.129. The van der Waals surface area contributed by atoms with Crippen molar-refractivity contribution in [1.82, 2.24) is 0 Å². The van der Waals surface area contributed by atoms with Crippen LogP contribution in [0.5, 0.6) is 0 Å². The predicted molar refractivity (Wildman–Crippen MR) is 246 cm³/mol. The second-order valence-electron chi connectivity index (χ2n) is 14.3. The summed E-state index contributed by atoms with van der Waals surface area (Å²) in [6.07, 6.45) is 61.9. The van der Waals surface area contributed by atoms with Crippen molar-refractivity contribution in [3.8, 4) is 0 Å². The fourth-order valence-corrected chi connectivity index (χ4v) is 5.47. The minimum atomic E-state index is -0.837. The van der Waals surface area contributed by atoms with E-state index in [0.717, 1.165) is 83.5 Å². The highest BCUT2D eigenvalue weighted by Crippen LogP contribution is 2.11. The number of ether oxygens (including phenoxy) is 3. The first-order chi connectivity index (χ1) is 28.5. The summed E-state index contributed by atoms with van der Waals surface area (Å²) in [5.41, 5.74) is 0. The van der Waals surface area contributed by atoms with E-state index in [9.17, 15) is 14.4 Å². The van der Waals surface area contributed by atoms with Crippen molar-refractivity contribution in [2.75, 3.05) is 13.2 Å². The molecule has 0 aliphatic heterocycles. The third kappa shape index (κ3) is 42.9. The summed E-state index contributed by atoms with van der Waals surface area (Å²) in [6.45, 7) is 6.20. The zero-order valence-corrected chi connectivity index (χ0v) is 36.8. The Morgan fingerprint density at radius 1 is 0.379 bits per heavy atom. The number of hydrogen-bond acceptors (Lipinski definition) is 6. The quantitative estimate of drug-likeness (QED) is 0.0203. The molecule has 0 aromatic rings. The van der Waals surface area contributed by atoms with E-state index in [1.165, 1.54) is 32.1 Å². The van der Waals surface area contributed by atoms with E-state index in [4.69, 9.17) is 14.2 Å². The number of hydrogen-bond donors (Lipinski definition) is 0. The molecule has 0 aliphatic carbocycles. The average molecular weight is 801 g/mol. The lowest BCUT2D eigenvalue weighted by atomic mass is 10.1. The lowest BCUT2D eigenvalue weighted by molar-refractivity contribution is -0.167. The van der Waals surface area contributed by atoms with Crippen molar-refractivity contribution in [2.45, 2.75) is 175 Å². The van der Waals surface area contributed by atoms with Gasteiger partial charge in [0, 0.05) is 19.3 Å². The lowest BCUT2D eigenvalue weighted by Gasteiger charge is -2.18. The summed E-state index contributed by atoms with van der Waals surface area (Å²) in [5, 5.41) is 0. The molecular weight excluding hydrogens is 721 g/mol. The van der Waals surface area contributed by atoms with Gasteiger partial charge in [0.25, 0.3) is 0 Å². The molecule has 1 atom stereocenters. The molecule has 0 saturated heterocycles. The zero-order valence-electron chi connectivity index (χ0n) is 36.8. The smallest absolute Gasteiger partial charge is 0.306 e. The molecule has 0 fully saturated rings. The van der Waals surface area contributed by atoms with Crippen LogP contribution in [0, 0.1) is 0 Å². The Balaban J connectivity index is 4.59. The Bertz CT molecular complexity index is 1290. The first-order valence-corrected chi connectivity index (χ1v) is 22.6. The molecule has 0 radical (unpaired) electrons. The van der Waals surface area contributed by atoms with Crippen LogP contribution in [0.2, 0.25) is 0 Å². The van der Waals surface area contributed by atoms with E-state index in [0.29, 0.717) is 19.3 Å². The summed E-state index contributed by atoms with van der Waals surface area (Å²) in [4.78, 5) is 37.7. The molecule has 0 heterocycles. The monoisotopic (exact) mass is 801 g/mol. The highest BCUT2D eigenvalue weighted by atomic mass is 16.6. The lowest BCUT2D eigenvalue weighted by Crippen LogP contribution is -2.30. The number of rotatable bonds is 38. The van der Waals surface area contributed by atoms with Gasteiger partial charge in [0.05, 0.1) is 0 Å². The van der Waals surface area contributed by atoms with Gasteiger partial charge in [0.1, 0.15) is 13.2 Å². The molecule has 0 bridgehead atoms. The molecule has 6 nitrogen and oxygen atoms in total. The van der Waals surface area contributed by atoms with Crippen LogP contribution < -0.4 is 0 Å². The highest BCUT2D eigenvalue weighted by molar-refractivity contribution is 5.71. The molecule has 0 N–H and O–H groups in total. The van der Waals surface area contributed by atoms with Gasteiger partial charge in [-0.1, -0.05) is 181 Å². The molecule has 1 unspecified atom stereocenters. The number of allylic oxidation sites excluding steroid dienone is 20. The van der Waals surface area contributed by atoms with Gasteiger partial charge in [0.2, 0.25) is 0 Å². The van der Waals surface area contributed by atoms with Crippen LogP contribution in [-0.2, 0) is 28.6 Å². The molecule has 0 rings (SSSR count). The van der Waals surface area contributed by atoms with Crippen molar-refractivity contribution in [2.24, 2.45) is 0 Å². The Labute approximate surface area is 354 Å². The SMILES string of the molecule is CC\C=C/C=C\C=C/C=C\C=C/CCCC(=O)OC(COC(=O)CCCC/C=C\C/C=C\C/C=C\CC)COC(=O)CCCCCCCC/C=C\C=C/CCCCC. The van der Waals surface area contributed by atoms with Crippen LogP contribution in [0.15, 0.2) is 122 Å². The molecule has 0 aromatic carbocycles. The second-order valence-corrected chi connectivity index (χ2v) is 14.3. The maximum Gasteiger partial charge on any atom is 0.306 e. The van der Waals surface area contributed by atoms with E-state index < -0.39 is 12.1 Å². The van der Waals surface area contributed by atoms with Gasteiger partial charge in [-0.25, -0.2) is 0 Å². The largest absolute Gasteiger partial charge is 0.462 e. The van der Waals surface area contributed by atoms with Gasteiger partial charge in [0.15, 0.2) is 6.10 Å². The molecule has 0 aliphatic rings. The third-order valence-corrected chi connectivity index (χ3v) is 8.84. The van der Waals surface area contributed by atoms with E-state index in [1.807, 2.05) is 54.7 Å². The maximum absolute atomic E-state index is 12.7. The van der Waals surface area contributed by atoms with Gasteiger partial charge in [-0.3, -0.25) is 14.4 Å². The molecule has 0 amide bonds. The summed E-state index contributed by atoms with van der Waals surface area (Å²) in [7, 11) is 0. The number of carbonyl (C=O) groups excluding carboxylic acids is 3. The fraction of sp³-hybridized carbons (Fsp3) is 0.558. The number of esters is 3. The van der Waals surface area contributed by atoms with Gasteiger partial charge < -0.3 is 14.2 Å². The van der Waals surface area contributed by atoms with E-state index in [-0.39, 0.29) is 38.0 Å². The summed E-state index contributed by atoms with van der Waals surface area (Å²) < 4.78 is 16.6. The normalized spacial score (nSPS) is 13.2. The zero-order chi connectivity index (χ0) is 42.3. The Hall–Kier alpha value is -4.19. The first kappa shape index (κ1) is 53.8. The summed E-state index contributed by atoms with van der Waals surface area (Å²) >= 11 is 0. The van der Waals surface area contributed by atoms with Crippen molar-refractivity contribution < 1.29 is 28.6 Å². The molecule has 324 valence electrons. The van der Waals surface area contributed by atoms with Crippen LogP contribution in [0.1, 0.15) is 168 Å². The Morgan fingerprint density at radius 3 is 1.36 bits per heavy atom. The molecule has 58 heavy (non-hydrogen) atoms. The molecule has 0 spiro atoms. The van der Waals surface area contributed by atoms with E-state index in [1.54, 1.807) is 0 Å². The number of unbranched alkanes of at least 4 members (excludes halogenated alkanes) is 12. The minimum Gasteiger partial charge on any atom is -0.462 e. The van der Waals surface area contributed by atoms with Gasteiger partial charge in [-0.15, -0.1) is 0 Å². The van der Waals surface area contributed by atoms with Crippen LogP contribution >= 0.6 is 0 Å². The summed E-state index contributed by atoms with van der Waals surface area (Å²) in [5.74, 6) is -1.07. The maximum atomic E-state index is 12.7. The topological polar surface area (TPSA) is 78.9 Å². The third-order valence-electron chi connectivity index (χ3n) is 8.84. The van der Waals surface area contributed by atoms with Crippen LogP contribution in [0.4, 0.5) is 0 Å². The van der Waals surface area contributed by atoms with Crippen molar-refractivity contribution >= 4 is 17.9 Å². The molecule has 6 heteroatoms. The van der Waals surface area contributed by atoms with Crippen molar-refractivity contribution in [3.05, 3.63) is 122 Å². The number of carbonyl (C=O) groups is 3. The average Bonchev–Trinajstić information content (AvgIpc) is 3.22. The first-order valence-electron chi connectivity index (χ1n) is 22.6. The van der Waals surface area contributed by atoms with Gasteiger partial charge >= 0.3 is 17.9 Å². The van der Waals surface area contributed by atoms with E-state index in [2.05, 4.69) is 87.6 Å². The van der Waals surface area contributed by atoms with Crippen molar-refractivity contribution in [1.29, 1.82) is 0 Å².